The van der Waals surface area contributed by atoms with E-state index >= 15 is 0 Å². The molecule has 122 valence electrons. The van der Waals surface area contributed by atoms with Crippen molar-refractivity contribution in [2.75, 3.05) is 7.05 Å². The van der Waals surface area contributed by atoms with E-state index in [2.05, 4.69) is 16.9 Å². The van der Waals surface area contributed by atoms with Gasteiger partial charge in [-0.3, -0.25) is 9.98 Å². The maximum Gasteiger partial charge on any atom is 0.134 e. The van der Waals surface area contributed by atoms with Gasteiger partial charge in [-0.15, -0.1) is 0 Å². The standard InChI is InChI=1S/C21H23N3/c1-4-5-12-17(2)23-21(19-15-10-7-11-16-19)24-20(22-3)18-13-8-6-9-14-18/h4-17H,1H2,2-3H3,(H,22,23,24)/b12-5+. The van der Waals surface area contributed by atoms with Crippen LogP contribution >= 0.6 is 0 Å². The summed E-state index contributed by atoms with van der Waals surface area (Å²) in [7, 11) is 1.78. The average Bonchev–Trinajstić information content (AvgIpc) is 2.64. The molecule has 1 N–H and O–H groups in total. The minimum absolute atomic E-state index is 0.0274. The van der Waals surface area contributed by atoms with Gasteiger partial charge in [-0.2, -0.15) is 0 Å². The molecule has 2 aromatic rings. The zero-order valence-corrected chi connectivity index (χ0v) is 14.2. The number of nitrogens with one attached hydrogen (secondary N) is 1. The number of allylic oxidation sites excluding steroid dienone is 2. The lowest BCUT2D eigenvalue weighted by Crippen LogP contribution is -2.33. The summed E-state index contributed by atoms with van der Waals surface area (Å²) in [6, 6.07) is 20.1. The topological polar surface area (TPSA) is 36.8 Å². The highest BCUT2D eigenvalue weighted by atomic mass is 15.1. The van der Waals surface area contributed by atoms with Crippen molar-refractivity contribution in [3.63, 3.8) is 0 Å². The van der Waals surface area contributed by atoms with Gasteiger partial charge in [0, 0.05) is 18.2 Å². The third-order valence-corrected chi connectivity index (χ3v) is 3.41. The molecule has 0 heterocycles. The molecule has 0 aliphatic heterocycles. The van der Waals surface area contributed by atoms with Gasteiger partial charge in [-0.1, -0.05) is 85.5 Å². The molecule has 0 aliphatic rings. The van der Waals surface area contributed by atoms with Gasteiger partial charge in [0.25, 0.3) is 0 Å². The van der Waals surface area contributed by atoms with Crippen LogP contribution in [0.1, 0.15) is 18.1 Å². The van der Waals surface area contributed by atoms with E-state index in [1.165, 1.54) is 0 Å². The molecule has 1 atom stereocenters. The third-order valence-electron chi connectivity index (χ3n) is 3.41. The first-order valence-electron chi connectivity index (χ1n) is 7.96. The minimum Gasteiger partial charge on any atom is -0.325 e. The highest BCUT2D eigenvalue weighted by Crippen LogP contribution is 2.06. The SMILES string of the molecule is C=C/C=C/C(C)N=C(NC(=NC)c1ccccc1)c1ccccc1. The Balaban J connectivity index is 2.34. The third kappa shape index (κ3) is 5.06. The van der Waals surface area contributed by atoms with E-state index in [-0.39, 0.29) is 6.04 Å². The smallest absolute Gasteiger partial charge is 0.134 e. The molecular formula is C21H23N3. The first-order chi connectivity index (χ1) is 11.7. The van der Waals surface area contributed by atoms with Gasteiger partial charge >= 0.3 is 0 Å². The number of hydrogen-bond acceptors (Lipinski definition) is 2. The summed E-state index contributed by atoms with van der Waals surface area (Å²) in [5, 5.41) is 3.38. The predicted molar refractivity (Wildman–Crippen MR) is 104 cm³/mol. The van der Waals surface area contributed by atoms with Gasteiger partial charge in [-0.25, -0.2) is 0 Å². The second-order valence-corrected chi connectivity index (χ2v) is 5.27. The van der Waals surface area contributed by atoms with Crippen molar-refractivity contribution < 1.29 is 0 Å². The van der Waals surface area contributed by atoms with Crippen LogP contribution in [0.25, 0.3) is 0 Å². The van der Waals surface area contributed by atoms with Crippen molar-refractivity contribution >= 4 is 11.7 Å². The van der Waals surface area contributed by atoms with Gasteiger partial charge in [-0.05, 0) is 6.92 Å². The van der Waals surface area contributed by atoms with Crippen LogP contribution in [0, 0.1) is 0 Å². The summed E-state index contributed by atoms with van der Waals surface area (Å²) in [5.41, 5.74) is 2.05. The molecule has 0 saturated heterocycles. The van der Waals surface area contributed by atoms with Gasteiger partial charge in [0.15, 0.2) is 0 Å². The Labute approximate surface area is 144 Å². The molecule has 3 heteroatoms. The zero-order valence-electron chi connectivity index (χ0n) is 14.2. The second kappa shape index (κ2) is 9.26. The van der Waals surface area contributed by atoms with Crippen molar-refractivity contribution in [2.24, 2.45) is 9.98 Å². The summed E-state index contributed by atoms with van der Waals surface area (Å²) >= 11 is 0. The van der Waals surface area contributed by atoms with Crippen LogP contribution in [0.3, 0.4) is 0 Å². The Morgan fingerprint density at radius 3 is 2.00 bits per heavy atom. The molecule has 0 fully saturated rings. The van der Waals surface area contributed by atoms with E-state index in [9.17, 15) is 0 Å². The number of rotatable bonds is 5. The maximum atomic E-state index is 4.79. The van der Waals surface area contributed by atoms with Gasteiger partial charge in [0.05, 0.1) is 6.04 Å². The van der Waals surface area contributed by atoms with Crippen LogP contribution in [-0.2, 0) is 0 Å². The Hall–Kier alpha value is -2.94. The van der Waals surface area contributed by atoms with Gasteiger partial charge in [0.1, 0.15) is 11.7 Å². The lowest BCUT2D eigenvalue weighted by atomic mass is 10.1. The van der Waals surface area contributed by atoms with Crippen molar-refractivity contribution in [1.82, 2.24) is 5.32 Å². The lowest BCUT2D eigenvalue weighted by Gasteiger charge is -2.14. The maximum absolute atomic E-state index is 4.79. The summed E-state index contributed by atoms with van der Waals surface area (Å²) in [6.45, 7) is 5.74. The number of benzene rings is 2. The molecule has 1 unspecified atom stereocenters. The molecule has 3 nitrogen and oxygen atoms in total. The molecule has 0 aromatic heterocycles. The number of aliphatic imine (C=N–C) groups is 2. The van der Waals surface area contributed by atoms with Crippen molar-refractivity contribution in [3.8, 4) is 0 Å². The Kier molecular flexibility index (Phi) is 6.72. The van der Waals surface area contributed by atoms with E-state index < -0.39 is 0 Å². The van der Waals surface area contributed by atoms with Crippen LogP contribution in [0.15, 0.2) is 95.5 Å². The first kappa shape index (κ1) is 17.4. The quantitative estimate of drug-likeness (QED) is 0.500. The van der Waals surface area contributed by atoms with Crippen LogP contribution in [-0.4, -0.2) is 24.8 Å². The normalized spacial score (nSPS) is 13.8. The van der Waals surface area contributed by atoms with Crippen LogP contribution in [0.4, 0.5) is 0 Å². The highest BCUT2D eigenvalue weighted by molar-refractivity contribution is 6.14. The molecule has 0 saturated carbocycles. The molecule has 24 heavy (non-hydrogen) atoms. The molecule has 2 rings (SSSR count). The summed E-state index contributed by atoms with van der Waals surface area (Å²) in [5.74, 6) is 1.58. The lowest BCUT2D eigenvalue weighted by molar-refractivity contribution is 0.917. The van der Waals surface area contributed by atoms with Crippen molar-refractivity contribution in [1.29, 1.82) is 0 Å². The molecule has 0 spiro atoms. The molecule has 0 amide bonds. The van der Waals surface area contributed by atoms with Crippen LogP contribution < -0.4 is 5.32 Å². The summed E-state index contributed by atoms with van der Waals surface area (Å²) in [6.07, 6.45) is 5.66. The molecule has 2 aromatic carbocycles. The Morgan fingerprint density at radius 1 is 0.958 bits per heavy atom. The fourth-order valence-electron chi connectivity index (χ4n) is 2.23. The monoisotopic (exact) mass is 317 g/mol. The number of nitrogens with zero attached hydrogens (tertiary/aromatic N) is 2. The number of amidine groups is 2. The van der Waals surface area contributed by atoms with E-state index in [0.717, 1.165) is 22.8 Å². The molecule has 0 radical (unpaired) electrons. The molecule has 0 aliphatic carbocycles. The predicted octanol–water partition coefficient (Wildman–Crippen LogP) is 4.23. The van der Waals surface area contributed by atoms with E-state index in [0.29, 0.717) is 0 Å². The molecular weight excluding hydrogens is 294 g/mol. The fourth-order valence-corrected chi connectivity index (χ4v) is 2.23. The molecule has 0 bridgehead atoms. The zero-order chi connectivity index (χ0) is 17.2. The van der Waals surface area contributed by atoms with Crippen LogP contribution in [0.5, 0.6) is 0 Å². The fraction of sp³-hybridized carbons (Fsp3) is 0.143. The Bertz CT molecular complexity index is 728. The van der Waals surface area contributed by atoms with Crippen LogP contribution in [0.2, 0.25) is 0 Å². The van der Waals surface area contributed by atoms with Crippen molar-refractivity contribution in [3.05, 3.63) is 96.6 Å². The highest BCUT2D eigenvalue weighted by Gasteiger charge is 2.09. The summed E-state index contributed by atoms with van der Waals surface area (Å²) < 4.78 is 0. The number of hydrogen-bond donors (Lipinski definition) is 1. The average molecular weight is 317 g/mol. The largest absolute Gasteiger partial charge is 0.325 e. The second-order valence-electron chi connectivity index (χ2n) is 5.27. The van der Waals surface area contributed by atoms with Crippen molar-refractivity contribution in [2.45, 2.75) is 13.0 Å². The Morgan fingerprint density at radius 2 is 1.50 bits per heavy atom. The van der Waals surface area contributed by atoms with E-state index in [4.69, 9.17) is 4.99 Å². The van der Waals surface area contributed by atoms with E-state index in [1.54, 1.807) is 13.1 Å². The first-order valence-corrected chi connectivity index (χ1v) is 7.96. The van der Waals surface area contributed by atoms with Gasteiger partial charge in [0.2, 0.25) is 0 Å². The van der Waals surface area contributed by atoms with Gasteiger partial charge < -0.3 is 5.32 Å². The summed E-state index contributed by atoms with van der Waals surface area (Å²) in [4.78, 5) is 9.17. The van der Waals surface area contributed by atoms with E-state index in [1.807, 2.05) is 79.7 Å². The minimum atomic E-state index is 0.0274.